The number of benzene rings is 2. The first kappa shape index (κ1) is 28.8. The number of fused-ring (bicyclic) bond motifs is 1. The Bertz CT molecular complexity index is 1630. The zero-order valence-electron chi connectivity index (χ0n) is 23.4. The number of nitrogens with one attached hydrogen (secondary N) is 2. The maximum atomic E-state index is 13.2. The zero-order valence-corrected chi connectivity index (χ0v) is 24.2. The van der Waals surface area contributed by atoms with Crippen LogP contribution in [0.4, 0.5) is 10.5 Å². The largest absolute Gasteiger partial charge is 0.444 e. The molecule has 10 heteroatoms. The summed E-state index contributed by atoms with van der Waals surface area (Å²) in [5, 5.41) is 6.23. The van der Waals surface area contributed by atoms with Crippen molar-refractivity contribution in [3.8, 4) is 11.1 Å². The number of carbonyl (C=O) groups is 2. The highest BCUT2D eigenvalue weighted by molar-refractivity contribution is 7.90. The third-order valence-electron chi connectivity index (χ3n) is 6.11. The molecule has 2 aromatic heterocycles. The fraction of sp³-hybridized carbons (Fsp3) is 0.300. The quantitative estimate of drug-likeness (QED) is 0.306. The Labute approximate surface area is 234 Å². The molecule has 0 aliphatic rings. The fourth-order valence-corrected chi connectivity index (χ4v) is 5.54. The zero-order chi connectivity index (χ0) is 29.3. The molecule has 0 unspecified atom stereocenters. The Kier molecular flexibility index (Phi) is 7.76. The lowest BCUT2D eigenvalue weighted by Crippen LogP contribution is -2.52. The van der Waals surface area contributed by atoms with Crippen molar-refractivity contribution in [1.82, 2.24) is 14.3 Å². The van der Waals surface area contributed by atoms with Crippen LogP contribution in [0.15, 0.2) is 84.0 Å². The number of hydrogen-bond donors (Lipinski definition) is 2. The predicted molar refractivity (Wildman–Crippen MR) is 155 cm³/mol. The van der Waals surface area contributed by atoms with Gasteiger partial charge in [0.2, 0.25) is 5.91 Å². The van der Waals surface area contributed by atoms with Gasteiger partial charge in [-0.05, 0) is 73.7 Å². The van der Waals surface area contributed by atoms with Crippen LogP contribution >= 0.6 is 0 Å². The van der Waals surface area contributed by atoms with Crippen LogP contribution in [-0.2, 0) is 19.6 Å². The van der Waals surface area contributed by atoms with E-state index in [0.29, 0.717) is 16.7 Å². The lowest BCUT2D eigenvalue weighted by atomic mass is 9.86. The number of pyridine rings is 1. The monoisotopic (exact) mass is 562 g/mol. The standard InChI is InChI=1S/C30H34N4O5S/c1-29(2,3)25(33-28(36)39-30(4,5)6)27(35)32-21-14-12-20(13-15-21)23-16-18-31-26-24(23)17-19-34(26)40(37,38)22-10-8-7-9-11-22/h7-19,25H,1-6H3,(H,32,35)(H,33,36)/t25-/m1/s1. The number of aromatic nitrogens is 2. The molecule has 9 nitrogen and oxygen atoms in total. The molecule has 0 saturated heterocycles. The van der Waals surface area contributed by atoms with E-state index >= 15 is 0 Å². The molecule has 0 bridgehead atoms. The van der Waals surface area contributed by atoms with Gasteiger partial charge in [0.1, 0.15) is 11.6 Å². The molecule has 2 N–H and O–H groups in total. The number of ether oxygens (including phenoxy) is 1. The molecule has 2 amide bonds. The summed E-state index contributed by atoms with van der Waals surface area (Å²) in [6, 6.07) is 18.1. The van der Waals surface area contributed by atoms with Gasteiger partial charge in [-0.2, -0.15) is 0 Å². The third-order valence-corrected chi connectivity index (χ3v) is 7.79. The van der Waals surface area contributed by atoms with Crippen molar-refractivity contribution < 1.29 is 22.7 Å². The molecule has 0 aliphatic carbocycles. The van der Waals surface area contributed by atoms with Crippen molar-refractivity contribution in [2.75, 3.05) is 5.32 Å². The topological polar surface area (TPSA) is 119 Å². The fourth-order valence-electron chi connectivity index (χ4n) is 4.21. The summed E-state index contributed by atoms with van der Waals surface area (Å²) in [6.45, 7) is 10.8. The van der Waals surface area contributed by atoms with E-state index in [1.54, 1.807) is 75.5 Å². The Balaban J connectivity index is 1.57. The highest BCUT2D eigenvalue weighted by Crippen LogP contribution is 2.31. The first-order chi connectivity index (χ1) is 18.7. The summed E-state index contributed by atoms with van der Waals surface area (Å²) in [4.78, 5) is 30.0. The molecule has 1 atom stereocenters. The Hall–Kier alpha value is -4.18. The first-order valence-electron chi connectivity index (χ1n) is 12.8. The van der Waals surface area contributed by atoms with Crippen molar-refractivity contribution in [2.45, 2.75) is 58.1 Å². The third kappa shape index (κ3) is 6.34. The average molecular weight is 563 g/mol. The van der Waals surface area contributed by atoms with Gasteiger partial charge in [0.25, 0.3) is 10.0 Å². The normalized spacial score (nSPS) is 13.1. The van der Waals surface area contributed by atoms with E-state index in [1.165, 1.54) is 10.2 Å². The summed E-state index contributed by atoms with van der Waals surface area (Å²) < 4.78 is 32.9. The van der Waals surface area contributed by atoms with Crippen molar-refractivity contribution in [1.29, 1.82) is 0 Å². The Morgan fingerprint density at radius 1 is 0.900 bits per heavy atom. The van der Waals surface area contributed by atoms with Gasteiger partial charge >= 0.3 is 6.09 Å². The Morgan fingerprint density at radius 2 is 1.55 bits per heavy atom. The average Bonchev–Trinajstić information content (AvgIpc) is 3.32. The minimum atomic E-state index is -3.81. The van der Waals surface area contributed by atoms with Crippen molar-refractivity contribution in [3.05, 3.63) is 79.1 Å². The van der Waals surface area contributed by atoms with Crippen LogP contribution in [0.25, 0.3) is 22.2 Å². The SMILES string of the molecule is CC(C)(C)OC(=O)N[C@H](C(=O)Nc1ccc(-c2ccnc3c2ccn3S(=O)(=O)c2ccccc2)cc1)C(C)(C)C. The summed E-state index contributed by atoms with van der Waals surface area (Å²) in [6.07, 6.45) is 2.41. The lowest BCUT2D eigenvalue weighted by Gasteiger charge is -2.31. The number of nitrogens with zero attached hydrogens (tertiary/aromatic N) is 2. The molecule has 0 spiro atoms. The van der Waals surface area contributed by atoms with Crippen molar-refractivity contribution in [2.24, 2.45) is 5.41 Å². The second-order valence-electron chi connectivity index (χ2n) is 11.5. The molecular weight excluding hydrogens is 528 g/mol. The second-order valence-corrected chi connectivity index (χ2v) is 13.4. The van der Waals surface area contributed by atoms with Gasteiger partial charge < -0.3 is 15.4 Å². The minimum absolute atomic E-state index is 0.175. The van der Waals surface area contributed by atoms with Crippen LogP contribution < -0.4 is 10.6 Å². The number of anilines is 1. The van der Waals surface area contributed by atoms with E-state index in [2.05, 4.69) is 15.6 Å². The van der Waals surface area contributed by atoms with E-state index in [-0.39, 0.29) is 10.8 Å². The maximum absolute atomic E-state index is 13.2. The highest BCUT2D eigenvalue weighted by Gasteiger charge is 2.34. The number of carbonyl (C=O) groups excluding carboxylic acids is 2. The van der Waals surface area contributed by atoms with Crippen LogP contribution in [0.1, 0.15) is 41.5 Å². The maximum Gasteiger partial charge on any atom is 0.408 e. The lowest BCUT2D eigenvalue weighted by molar-refractivity contribution is -0.120. The molecule has 2 heterocycles. The molecule has 4 rings (SSSR count). The number of amides is 2. The van der Waals surface area contributed by atoms with Crippen molar-refractivity contribution >= 4 is 38.7 Å². The summed E-state index contributed by atoms with van der Waals surface area (Å²) in [5.41, 5.74) is 1.22. The van der Waals surface area contributed by atoms with Crippen LogP contribution in [-0.4, -0.2) is 41.0 Å². The number of hydrogen-bond acceptors (Lipinski definition) is 6. The molecule has 0 fully saturated rings. The summed E-state index contributed by atoms with van der Waals surface area (Å²) in [7, 11) is -3.81. The van der Waals surface area contributed by atoms with Gasteiger partial charge in [-0.1, -0.05) is 51.1 Å². The van der Waals surface area contributed by atoms with E-state index in [9.17, 15) is 18.0 Å². The van der Waals surface area contributed by atoms with E-state index in [0.717, 1.165) is 11.1 Å². The van der Waals surface area contributed by atoms with E-state index < -0.39 is 33.2 Å². The molecule has 210 valence electrons. The highest BCUT2D eigenvalue weighted by atomic mass is 32.2. The van der Waals surface area contributed by atoms with Crippen LogP contribution in [0.2, 0.25) is 0 Å². The van der Waals surface area contributed by atoms with Gasteiger partial charge in [0, 0.05) is 23.5 Å². The molecule has 2 aromatic carbocycles. The van der Waals surface area contributed by atoms with Gasteiger partial charge in [0.15, 0.2) is 5.65 Å². The Morgan fingerprint density at radius 3 is 2.15 bits per heavy atom. The van der Waals surface area contributed by atoms with Gasteiger partial charge in [0.05, 0.1) is 4.90 Å². The molecular formula is C30H34N4O5S. The predicted octanol–water partition coefficient (Wildman–Crippen LogP) is 5.82. The molecule has 0 saturated carbocycles. The van der Waals surface area contributed by atoms with Gasteiger partial charge in [-0.15, -0.1) is 0 Å². The molecule has 4 aromatic rings. The smallest absolute Gasteiger partial charge is 0.408 e. The van der Waals surface area contributed by atoms with Crippen molar-refractivity contribution in [3.63, 3.8) is 0 Å². The van der Waals surface area contributed by atoms with Gasteiger partial charge in [-0.3, -0.25) is 4.79 Å². The second kappa shape index (κ2) is 10.8. The van der Waals surface area contributed by atoms with Crippen LogP contribution in [0.5, 0.6) is 0 Å². The summed E-state index contributed by atoms with van der Waals surface area (Å²) >= 11 is 0. The molecule has 40 heavy (non-hydrogen) atoms. The van der Waals surface area contributed by atoms with E-state index in [4.69, 9.17) is 4.74 Å². The minimum Gasteiger partial charge on any atom is -0.444 e. The molecule has 0 aliphatic heterocycles. The number of alkyl carbamates (subject to hydrolysis) is 1. The molecule has 0 radical (unpaired) electrons. The van der Waals surface area contributed by atoms with Crippen LogP contribution in [0, 0.1) is 5.41 Å². The first-order valence-corrected chi connectivity index (χ1v) is 14.3. The van der Waals surface area contributed by atoms with Gasteiger partial charge in [-0.25, -0.2) is 22.2 Å². The number of rotatable bonds is 6. The van der Waals surface area contributed by atoms with Crippen LogP contribution in [0.3, 0.4) is 0 Å². The summed E-state index contributed by atoms with van der Waals surface area (Å²) in [5.74, 6) is -0.374. The van der Waals surface area contributed by atoms with E-state index in [1.807, 2.05) is 39.0 Å².